The van der Waals surface area contributed by atoms with Gasteiger partial charge in [0.15, 0.2) is 6.61 Å². The van der Waals surface area contributed by atoms with E-state index in [-0.39, 0.29) is 12.6 Å². The van der Waals surface area contributed by atoms with Crippen LogP contribution in [0.4, 0.5) is 5.69 Å². The number of hydrogen-bond donors (Lipinski definition) is 1. The van der Waals surface area contributed by atoms with Crippen LogP contribution in [-0.2, 0) is 7.05 Å². The molecule has 1 unspecified atom stereocenters. The van der Waals surface area contributed by atoms with Crippen LogP contribution in [0.5, 0.6) is 5.75 Å². The third kappa shape index (κ3) is 3.49. The van der Waals surface area contributed by atoms with Crippen molar-refractivity contribution in [1.82, 2.24) is 9.78 Å². The molecule has 0 bridgehead atoms. The highest BCUT2D eigenvalue weighted by Crippen LogP contribution is 2.21. The van der Waals surface area contributed by atoms with Crippen molar-refractivity contribution in [3.8, 4) is 11.8 Å². The highest BCUT2D eigenvalue weighted by atomic mass is 16.5. The number of anilines is 1. The van der Waals surface area contributed by atoms with E-state index in [1.807, 2.05) is 43.6 Å². The molecule has 19 heavy (non-hydrogen) atoms. The molecule has 0 saturated heterocycles. The quantitative estimate of drug-likeness (QED) is 0.892. The van der Waals surface area contributed by atoms with Gasteiger partial charge in [-0.3, -0.25) is 4.68 Å². The average molecular weight is 256 g/mol. The van der Waals surface area contributed by atoms with Gasteiger partial charge in [0.05, 0.1) is 11.9 Å². The van der Waals surface area contributed by atoms with Gasteiger partial charge in [-0.1, -0.05) is 12.1 Å². The number of hydrogen-bond acceptors (Lipinski definition) is 4. The van der Waals surface area contributed by atoms with Crippen LogP contribution in [0.25, 0.3) is 0 Å². The molecule has 2 aromatic rings. The number of rotatable bonds is 5. The van der Waals surface area contributed by atoms with Crippen molar-refractivity contribution >= 4 is 5.69 Å². The standard InChI is InChI=1S/C14H16N4O/c1-11(17-13-9-16-18(2)10-13)12-3-5-14(6-4-12)19-8-7-15/h3-6,9-11,17H,8H2,1-2H3. The van der Waals surface area contributed by atoms with Gasteiger partial charge in [-0.25, -0.2) is 0 Å². The van der Waals surface area contributed by atoms with Crippen LogP contribution in [0.15, 0.2) is 36.7 Å². The molecule has 0 aliphatic heterocycles. The van der Waals surface area contributed by atoms with E-state index in [4.69, 9.17) is 10.00 Å². The Kier molecular flexibility index (Phi) is 4.04. The number of benzene rings is 1. The van der Waals surface area contributed by atoms with Crippen molar-refractivity contribution in [2.45, 2.75) is 13.0 Å². The summed E-state index contributed by atoms with van der Waals surface area (Å²) in [7, 11) is 1.89. The smallest absolute Gasteiger partial charge is 0.174 e. The summed E-state index contributed by atoms with van der Waals surface area (Å²) in [4.78, 5) is 0. The average Bonchev–Trinajstić information content (AvgIpc) is 2.82. The third-order valence-electron chi connectivity index (χ3n) is 2.77. The van der Waals surface area contributed by atoms with E-state index in [2.05, 4.69) is 17.3 Å². The molecule has 5 nitrogen and oxygen atoms in total. The summed E-state index contributed by atoms with van der Waals surface area (Å²) in [6.45, 7) is 2.15. The Morgan fingerprint density at radius 3 is 2.74 bits per heavy atom. The van der Waals surface area contributed by atoms with Gasteiger partial charge in [0, 0.05) is 19.3 Å². The molecule has 0 aliphatic carbocycles. The number of nitrogens with zero attached hydrogens (tertiary/aromatic N) is 3. The van der Waals surface area contributed by atoms with Gasteiger partial charge < -0.3 is 10.1 Å². The Hall–Kier alpha value is -2.48. The zero-order valence-corrected chi connectivity index (χ0v) is 11.0. The van der Waals surface area contributed by atoms with E-state index >= 15 is 0 Å². The molecular formula is C14H16N4O. The first-order valence-electron chi connectivity index (χ1n) is 6.04. The lowest BCUT2D eigenvalue weighted by molar-refractivity contribution is 0.368. The third-order valence-corrected chi connectivity index (χ3v) is 2.77. The van der Waals surface area contributed by atoms with Gasteiger partial charge in [-0.05, 0) is 24.6 Å². The molecule has 0 saturated carbocycles. The zero-order valence-electron chi connectivity index (χ0n) is 11.0. The first-order valence-corrected chi connectivity index (χ1v) is 6.04. The van der Waals surface area contributed by atoms with E-state index in [9.17, 15) is 0 Å². The maximum Gasteiger partial charge on any atom is 0.174 e. The van der Waals surface area contributed by atoms with Crippen LogP contribution in [-0.4, -0.2) is 16.4 Å². The van der Waals surface area contributed by atoms with Gasteiger partial charge in [-0.2, -0.15) is 10.4 Å². The van der Waals surface area contributed by atoms with Crippen molar-refractivity contribution in [3.05, 3.63) is 42.2 Å². The number of nitriles is 1. The minimum absolute atomic E-state index is 0.0723. The van der Waals surface area contributed by atoms with Gasteiger partial charge in [-0.15, -0.1) is 0 Å². The second-order valence-corrected chi connectivity index (χ2v) is 4.28. The second kappa shape index (κ2) is 5.91. The fourth-order valence-corrected chi connectivity index (χ4v) is 1.80. The van der Waals surface area contributed by atoms with E-state index in [1.54, 1.807) is 10.9 Å². The number of aryl methyl sites for hydroxylation is 1. The molecule has 1 aromatic heterocycles. The van der Waals surface area contributed by atoms with Crippen LogP contribution in [0.1, 0.15) is 18.5 Å². The maximum absolute atomic E-state index is 8.44. The SMILES string of the molecule is CC(Nc1cnn(C)c1)c1ccc(OCC#N)cc1. The van der Waals surface area contributed by atoms with Crippen LogP contribution in [0, 0.1) is 11.3 Å². The molecular weight excluding hydrogens is 240 g/mol. The second-order valence-electron chi connectivity index (χ2n) is 4.28. The molecule has 5 heteroatoms. The summed E-state index contributed by atoms with van der Waals surface area (Å²) in [5, 5.41) is 15.9. The Balaban J connectivity index is 1.99. The molecule has 0 spiro atoms. The summed E-state index contributed by atoms with van der Waals surface area (Å²) in [6, 6.07) is 9.83. The Labute approximate surface area is 112 Å². The molecule has 98 valence electrons. The molecule has 1 heterocycles. The van der Waals surface area contributed by atoms with Crippen molar-refractivity contribution in [2.24, 2.45) is 7.05 Å². The number of nitrogens with one attached hydrogen (secondary N) is 1. The van der Waals surface area contributed by atoms with Crippen LogP contribution < -0.4 is 10.1 Å². The normalized spacial score (nSPS) is 11.6. The van der Waals surface area contributed by atoms with Gasteiger partial charge >= 0.3 is 0 Å². The molecule has 0 radical (unpaired) electrons. The molecule has 2 rings (SSSR count). The van der Waals surface area contributed by atoms with Crippen molar-refractivity contribution in [3.63, 3.8) is 0 Å². The Morgan fingerprint density at radius 1 is 1.42 bits per heavy atom. The minimum Gasteiger partial charge on any atom is -0.479 e. The van der Waals surface area contributed by atoms with Gasteiger partial charge in [0.2, 0.25) is 0 Å². The zero-order chi connectivity index (χ0) is 13.7. The fraction of sp³-hybridized carbons (Fsp3) is 0.286. The van der Waals surface area contributed by atoms with Crippen LogP contribution in [0.2, 0.25) is 0 Å². The lowest BCUT2D eigenvalue weighted by Gasteiger charge is -2.14. The molecule has 1 aromatic carbocycles. The molecule has 0 aliphatic rings. The van der Waals surface area contributed by atoms with E-state index in [1.165, 1.54) is 0 Å². The maximum atomic E-state index is 8.44. The van der Waals surface area contributed by atoms with Crippen molar-refractivity contribution in [1.29, 1.82) is 5.26 Å². The Bertz CT molecular complexity index is 568. The van der Waals surface area contributed by atoms with E-state index in [0.717, 1.165) is 11.3 Å². The lowest BCUT2D eigenvalue weighted by atomic mass is 10.1. The predicted octanol–water partition coefficient (Wildman–Crippen LogP) is 2.50. The van der Waals surface area contributed by atoms with E-state index in [0.29, 0.717) is 5.75 Å². The van der Waals surface area contributed by atoms with Crippen molar-refractivity contribution < 1.29 is 4.74 Å². The molecule has 1 atom stereocenters. The van der Waals surface area contributed by atoms with Crippen LogP contribution in [0.3, 0.4) is 0 Å². The highest BCUT2D eigenvalue weighted by Gasteiger charge is 2.06. The number of aromatic nitrogens is 2. The first-order chi connectivity index (χ1) is 9.19. The highest BCUT2D eigenvalue weighted by molar-refractivity contribution is 5.42. The fourth-order valence-electron chi connectivity index (χ4n) is 1.80. The molecule has 1 N–H and O–H groups in total. The largest absolute Gasteiger partial charge is 0.479 e. The monoisotopic (exact) mass is 256 g/mol. The summed E-state index contributed by atoms with van der Waals surface area (Å²) >= 11 is 0. The topological polar surface area (TPSA) is 62.9 Å². The first kappa shape index (κ1) is 13.0. The molecule has 0 fully saturated rings. The summed E-state index contributed by atoms with van der Waals surface area (Å²) in [5.74, 6) is 0.707. The lowest BCUT2D eigenvalue weighted by Crippen LogP contribution is -2.06. The summed E-state index contributed by atoms with van der Waals surface area (Å²) in [6.07, 6.45) is 3.72. The summed E-state index contributed by atoms with van der Waals surface area (Å²) in [5.41, 5.74) is 2.13. The summed E-state index contributed by atoms with van der Waals surface area (Å²) < 4.78 is 6.97. The van der Waals surface area contributed by atoms with Gasteiger partial charge in [0.25, 0.3) is 0 Å². The van der Waals surface area contributed by atoms with Gasteiger partial charge in [0.1, 0.15) is 11.8 Å². The van der Waals surface area contributed by atoms with E-state index < -0.39 is 0 Å². The predicted molar refractivity (Wildman–Crippen MR) is 72.8 cm³/mol. The number of ether oxygens (including phenoxy) is 1. The Morgan fingerprint density at radius 2 is 2.16 bits per heavy atom. The van der Waals surface area contributed by atoms with Crippen molar-refractivity contribution in [2.75, 3.05) is 11.9 Å². The minimum atomic E-state index is 0.0723. The van der Waals surface area contributed by atoms with Crippen LogP contribution >= 0.6 is 0 Å². The molecule has 0 amide bonds.